The molecule has 1 atom stereocenters. The van der Waals surface area contributed by atoms with Gasteiger partial charge in [-0.1, -0.05) is 6.07 Å². The Morgan fingerprint density at radius 1 is 1.52 bits per heavy atom. The lowest BCUT2D eigenvalue weighted by atomic mass is 9.87. The molecule has 1 unspecified atom stereocenters. The third-order valence-corrected chi connectivity index (χ3v) is 4.70. The summed E-state index contributed by atoms with van der Waals surface area (Å²) in [6.45, 7) is 7.39. The van der Waals surface area contributed by atoms with E-state index in [1.807, 2.05) is 12.1 Å². The minimum Gasteiger partial charge on any atom is -0.481 e. The van der Waals surface area contributed by atoms with E-state index < -0.39 is 0 Å². The van der Waals surface area contributed by atoms with Crippen LogP contribution >= 0.6 is 0 Å². The van der Waals surface area contributed by atoms with E-state index in [2.05, 4.69) is 22.1 Å². The SMILES string of the molecule is CCNC(=NCc1cccnc1OC)N1CCC2(CCOC2)C1. The van der Waals surface area contributed by atoms with Crippen molar-refractivity contribution in [1.29, 1.82) is 0 Å². The molecule has 1 spiro atoms. The summed E-state index contributed by atoms with van der Waals surface area (Å²) in [5, 5.41) is 3.41. The van der Waals surface area contributed by atoms with Gasteiger partial charge in [-0.25, -0.2) is 9.98 Å². The summed E-state index contributed by atoms with van der Waals surface area (Å²) in [5.41, 5.74) is 1.34. The van der Waals surface area contributed by atoms with Crippen LogP contribution in [0.2, 0.25) is 0 Å². The number of ether oxygens (including phenoxy) is 2. The van der Waals surface area contributed by atoms with Crippen LogP contribution in [0.3, 0.4) is 0 Å². The third-order valence-electron chi connectivity index (χ3n) is 4.70. The smallest absolute Gasteiger partial charge is 0.218 e. The number of methoxy groups -OCH3 is 1. The van der Waals surface area contributed by atoms with Gasteiger partial charge in [-0.05, 0) is 25.8 Å². The second-order valence-corrected chi connectivity index (χ2v) is 6.32. The van der Waals surface area contributed by atoms with E-state index in [9.17, 15) is 0 Å². The highest BCUT2D eigenvalue weighted by molar-refractivity contribution is 5.80. The van der Waals surface area contributed by atoms with Crippen molar-refractivity contribution in [2.24, 2.45) is 10.4 Å². The normalized spacial score (nSPS) is 24.4. The molecule has 3 rings (SSSR count). The second kappa shape index (κ2) is 7.17. The van der Waals surface area contributed by atoms with Crippen molar-refractivity contribution < 1.29 is 9.47 Å². The molecule has 0 radical (unpaired) electrons. The second-order valence-electron chi connectivity index (χ2n) is 6.32. The summed E-state index contributed by atoms with van der Waals surface area (Å²) in [4.78, 5) is 11.4. The molecule has 0 aromatic carbocycles. The fourth-order valence-corrected chi connectivity index (χ4v) is 3.40. The molecule has 1 N–H and O–H groups in total. The molecule has 6 nitrogen and oxygen atoms in total. The average molecular weight is 318 g/mol. The fourth-order valence-electron chi connectivity index (χ4n) is 3.40. The van der Waals surface area contributed by atoms with Gasteiger partial charge in [-0.2, -0.15) is 0 Å². The molecule has 1 aromatic rings. The van der Waals surface area contributed by atoms with Crippen molar-refractivity contribution in [3.05, 3.63) is 23.9 Å². The monoisotopic (exact) mass is 318 g/mol. The number of guanidine groups is 1. The van der Waals surface area contributed by atoms with Crippen molar-refractivity contribution in [2.45, 2.75) is 26.3 Å². The maximum atomic E-state index is 5.62. The minimum atomic E-state index is 0.335. The molecular formula is C17H26N4O2. The van der Waals surface area contributed by atoms with Crippen LogP contribution in [0, 0.1) is 5.41 Å². The standard InChI is InChI=1S/C17H26N4O2/c1-3-18-16(20-11-14-5-4-8-19-15(14)22-2)21-9-6-17(12-21)7-10-23-13-17/h4-5,8H,3,6-7,9-13H2,1-2H3,(H,18,20). The zero-order chi connectivity index (χ0) is 16.1. The summed E-state index contributed by atoms with van der Waals surface area (Å²) in [6, 6.07) is 3.93. The number of likely N-dealkylation sites (tertiary alicyclic amines) is 1. The minimum absolute atomic E-state index is 0.335. The van der Waals surface area contributed by atoms with E-state index in [0.29, 0.717) is 17.8 Å². The van der Waals surface area contributed by atoms with Crippen LogP contribution in [0.25, 0.3) is 0 Å². The van der Waals surface area contributed by atoms with Gasteiger partial charge in [0.1, 0.15) is 0 Å². The number of nitrogens with zero attached hydrogens (tertiary/aromatic N) is 3. The van der Waals surface area contributed by atoms with Gasteiger partial charge in [0.2, 0.25) is 5.88 Å². The summed E-state index contributed by atoms with van der Waals surface area (Å²) in [5.74, 6) is 1.62. The number of nitrogens with one attached hydrogen (secondary N) is 1. The maximum Gasteiger partial charge on any atom is 0.218 e. The Bertz CT molecular complexity index is 555. The average Bonchev–Trinajstić information content (AvgIpc) is 3.22. The largest absolute Gasteiger partial charge is 0.481 e. The van der Waals surface area contributed by atoms with Gasteiger partial charge in [0.25, 0.3) is 0 Å². The van der Waals surface area contributed by atoms with E-state index >= 15 is 0 Å². The zero-order valence-corrected chi connectivity index (χ0v) is 14.0. The van der Waals surface area contributed by atoms with E-state index in [-0.39, 0.29) is 0 Å². The number of hydrogen-bond acceptors (Lipinski definition) is 4. The highest BCUT2D eigenvalue weighted by Crippen LogP contribution is 2.38. The van der Waals surface area contributed by atoms with E-state index in [1.165, 1.54) is 12.8 Å². The summed E-state index contributed by atoms with van der Waals surface area (Å²) < 4.78 is 10.9. The Hall–Kier alpha value is -1.82. The Kier molecular flexibility index (Phi) is 5.00. The molecule has 0 amide bonds. The van der Waals surface area contributed by atoms with Gasteiger partial charge in [-0.3, -0.25) is 0 Å². The van der Waals surface area contributed by atoms with Crippen LogP contribution < -0.4 is 10.1 Å². The fraction of sp³-hybridized carbons (Fsp3) is 0.647. The molecule has 0 saturated carbocycles. The van der Waals surface area contributed by atoms with E-state index in [4.69, 9.17) is 14.5 Å². The number of rotatable bonds is 4. The van der Waals surface area contributed by atoms with Gasteiger partial charge >= 0.3 is 0 Å². The van der Waals surface area contributed by atoms with Gasteiger partial charge in [-0.15, -0.1) is 0 Å². The van der Waals surface area contributed by atoms with Crippen LogP contribution in [0.1, 0.15) is 25.3 Å². The van der Waals surface area contributed by atoms with Crippen molar-refractivity contribution in [1.82, 2.24) is 15.2 Å². The van der Waals surface area contributed by atoms with E-state index in [0.717, 1.165) is 44.4 Å². The Morgan fingerprint density at radius 3 is 3.17 bits per heavy atom. The lowest BCUT2D eigenvalue weighted by molar-refractivity contribution is 0.156. The first kappa shape index (κ1) is 16.1. The predicted molar refractivity (Wildman–Crippen MR) is 89.7 cm³/mol. The number of pyridine rings is 1. The molecule has 1 aromatic heterocycles. The van der Waals surface area contributed by atoms with Crippen LogP contribution in [-0.4, -0.2) is 55.8 Å². The van der Waals surface area contributed by atoms with Gasteiger partial charge in [0, 0.05) is 43.4 Å². The maximum absolute atomic E-state index is 5.62. The highest BCUT2D eigenvalue weighted by atomic mass is 16.5. The van der Waals surface area contributed by atoms with Crippen LogP contribution in [0.4, 0.5) is 0 Å². The first-order chi connectivity index (χ1) is 11.3. The van der Waals surface area contributed by atoms with Crippen molar-refractivity contribution in [3.63, 3.8) is 0 Å². The summed E-state index contributed by atoms with van der Waals surface area (Å²) in [6.07, 6.45) is 4.09. The van der Waals surface area contributed by atoms with Crippen LogP contribution in [0.5, 0.6) is 5.88 Å². The Balaban J connectivity index is 1.71. The van der Waals surface area contributed by atoms with Crippen molar-refractivity contribution in [3.8, 4) is 5.88 Å². The Labute approximate surface area is 137 Å². The topological polar surface area (TPSA) is 59.0 Å². The quantitative estimate of drug-likeness (QED) is 0.676. The molecule has 23 heavy (non-hydrogen) atoms. The number of hydrogen-bond donors (Lipinski definition) is 1. The number of aliphatic imine (C=N–C) groups is 1. The molecule has 6 heteroatoms. The third kappa shape index (κ3) is 3.58. The van der Waals surface area contributed by atoms with Crippen LogP contribution in [-0.2, 0) is 11.3 Å². The van der Waals surface area contributed by atoms with Gasteiger partial charge in [0.15, 0.2) is 5.96 Å². The molecule has 0 bridgehead atoms. The van der Waals surface area contributed by atoms with Crippen molar-refractivity contribution in [2.75, 3.05) is 40.0 Å². The molecule has 2 aliphatic heterocycles. The number of aromatic nitrogens is 1. The summed E-state index contributed by atoms with van der Waals surface area (Å²) >= 11 is 0. The van der Waals surface area contributed by atoms with Crippen LogP contribution in [0.15, 0.2) is 23.3 Å². The van der Waals surface area contributed by atoms with Gasteiger partial charge in [0.05, 0.1) is 20.3 Å². The molecule has 2 fully saturated rings. The first-order valence-corrected chi connectivity index (χ1v) is 8.35. The molecule has 2 saturated heterocycles. The highest BCUT2D eigenvalue weighted by Gasteiger charge is 2.42. The predicted octanol–water partition coefficient (Wildman–Crippen LogP) is 1.67. The molecular weight excluding hydrogens is 292 g/mol. The molecule has 0 aliphatic carbocycles. The van der Waals surface area contributed by atoms with Gasteiger partial charge < -0.3 is 19.7 Å². The Morgan fingerprint density at radius 2 is 2.43 bits per heavy atom. The lowest BCUT2D eigenvalue weighted by Gasteiger charge is -2.25. The first-order valence-electron chi connectivity index (χ1n) is 8.35. The lowest BCUT2D eigenvalue weighted by Crippen LogP contribution is -2.41. The van der Waals surface area contributed by atoms with Crippen molar-refractivity contribution >= 4 is 5.96 Å². The molecule has 3 heterocycles. The zero-order valence-electron chi connectivity index (χ0n) is 14.0. The molecule has 126 valence electrons. The summed E-state index contributed by atoms with van der Waals surface area (Å²) in [7, 11) is 1.64. The van der Waals surface area contributed by atoms with E-state index in [1.54, 1.807) is 13.3 Å². The molecule has 2 aliphatic rings.